The van der Waals surface area contributed by atoms with Crippen LogP contribution in [-0.2, 0) is 24.6 Å². The van der Waals surface area contributed by atoms with Crippen molar-refractivity contribution in [3.8, 4) is 0 Å². The number of sulfonamides is 1. The maximum Gasteiger partial charge on any atom is 0.222 e. The largest absolute Gasteiger partial charge is 0.396 e. The molecule has 8 nitrogen and oxygen atoms in total. The molecule has 0 aromatic carbocycles. The van der Waals surface area contributed by atoms with E-state index >= 15 is 0 Å². The number of aliphatic hydroxyl groups is 1. The van der Waals surface area contributed by atoms with Crippen molar-refractivity contribution < 1.29 is 26.7 Å². The van der Waals surface area contributed by atoms with Crippen LogP contribution in [0.15, 0.2) is 20.8 Å². The maximum absolute atomic E-state index is 12.7. The highest BCUT2D eigenvalue weighted by atomic mass is 32.3. The molecule has 11 heteroatoms. The number of thioether (sulfide) groups is 1. The van der Waals surface area contributed by atoms with E-state index in [1.807, 2.05) is 6.92 Å². The smallest absolute Gasteiger partial charge is 0.222 e. The van der Waals surface area contributed by atoms with Crippen LogP contribution in [0.2, 0.25) is 0 Å². The van der Waals surface area contributed by atoms with Crippen LogP contribution in [0.25, 0.3) is 0 Å². The van der Waals surface area contributed by atoms with Crippen molar-refractivity contribution in [3.05, 3.63) is 20.8 Å². The van der Waals surface area contributed by atoms with Crippen molar-refractivity contribution >= 4 is 31.6 Å². The van der Waals surface area contributed by atoms with Gasteiger partial charge < -0.3 is 15.2 Å². The van der Waals surface area contributed by atoms with Gasteiger partial charge in [-0.05, 0) is 31.0 Å². The fourth-order valence-electron chi connectivity index (χ4n) is 2.53. The molecule has 2 unspecified atom stereocenters. The standard InChI is InChI=1S/C13H22N2O6S3/c1-2-15-11-6-9(8-21-5-3-4-16)23(17,18)13-10(11)7-12(22-13)24(14,19)20/h6,11-12,15-16H,2-5,7-8H2,1H3,(H2,14,19,20). The van der Waals surface area contributed by atoms with Gasteiger partial charge in [0.05, 0.1) is 17.6 Å². The maximum atomic E-state index is 12.7. The number of nitrogens with two attached hydrogens (primary N) is 1. The minimum atomic E-state index is -3.84. The predicted molar refractivity (Wildman–Crippen MR) is 93.1 cm³/mol. The fraction of sp³-hybridized carbons (Fsp3) is 0.692. The number of likely N-dealkylation sites (N-methyl/N-ethyl adjacent to an activating group) is 1. The molecule has 0 fully saturated rings. The van der Waals surface area contributed by atoms with Gasteiger partial charge >= 0.3 is 0 Å². The molecule has 0 amide bonds. The fourth-order valence-corrected chi connectivity index (χ4v) is 7.34. The third-order valence-corrected chi connectivity index (χ3v) is 9.23. The number of sulfone groups is 1. The lowest BCUT2D eigenvalue weighted by molar-refractivity contribution is 0.136. The third kappa shape index (κ3) is 4.21. The Hall–Kier alpha value is -0.430. The van der Waals surface area contributed by atoms with Gasteiger partial charge in [-0.15, -0.1) is 0 Å². The lowest BCUT2D eigenvalue weighted by Gasteiger charge is -2.24. The molecule has 2 heterocycles. The Kier molecular flexibility index (Phi) is 6.51. The molecule has 0 aromatic heterocycles. The molecule has 24 heavy (non-hydrogen) atoms. The van der Waals surface area contributed by atoms with E-state index in [0.717, 1.165) is 11.8 Å². The molecule has 4 N–H and O–H groups in total. The molecule has 2 rings (SSSR count). The van der Waals surface area contributed by atoms with E-state index in [4.69, 9.17) is 15.0 Å². The Bertz CT molecular complexity index is 742. The van der Waals surface area contributed by atoms with Crippen LogP contribution in [0.1, 0.15) is 19.8 Å². The summed E-state index contributed by atoms with van der Waals surface area (Å²) in [5.74, 6) is 0. The number of primary sulfonamides is 1. The zero-order valence-corrected chi connectivity index (χ0v) is 15.7. The van der Waals surface area contributed by atoms with Gasteiger partial charge in [0.15, 0.2) is 0 Å². The second-order valence-corrected chi connectivity index (χ2v) is 10.9. The SMILES string of the molecule is CCNC1C=C(COCCCO)S(=O)(=O)C2=C1CC(S(N)(=O)=O)S2. The zero-order valence-electron chi connectivity index (χ0n) is 13.3. The van der Waals surface area contributed by atoms with Gasteiger partial charge in [-0.25, -0.2) is 22.0 Å². The molecule has 2 aliphatic heterocycles. The van der Waals surface area contributed by atoms with Gasteiger partial charge in [0.2, 0.25) is 19.9 Å². The number of hydrogen-bond donors (Lipinski definition) is 3. The molecule has 0 radical (unpaired) electrons. The van der Waals surface area contributed by atoms with E-state index in [-0.39, 0.29) is 41.4 Å². The van der Waals surface area contributed by atoms with E-state index in [1.54, 1.807) is 6.08 Å². The number of rotatable bonds is 8. The summed E-state index contributed by atoms with van der Waals surface area (Å²) in [6.07, 6.45) is 2.08. The topological polar surface area (TPSA) is 136 Å². The molecular formula is C13H22N2O6S3. The van der Waals surface area contributed by atoms with Crippen molar-refractivity contribution in [1.82, 2.24) is 5.32 Å². The van der Waals surface area contributed by atoms with Crippen LogP contribution in [0.5, 0.6) is 0 Å². The van der Waals surface area contributed by atoms with Gasteiger partial charge in [0.25, 0.3) is 0 Å². The highest BCUT2D eigenvalue weighted by Gasteiger charge is 2.44. The Morgan fingerprint density at radius 2 is 2.21 bits per heavy atom. The van der Waals surface area contributed by atoms with E-state index < -0.39 is 24.4 Å². The molecule has 2 aliphatic rings. The van der Waals surface area contributed by atoms with Crippen LogP contribution in [0, 0.1) is 0 Å². The zero-order chi connectivity index (χ0) is 18.0. The second-order valence-electron chi connectivity index (χ2n) is 5.45. The first kappa shape index (κ1) is 19.9. The van der Waals surface area contributed by atoms with Crippen LogP contribution in [0.3, 0.4) is 0 Å². The van der Waals surface area contributed by atoms with Gasteiger partial charge in [-0.2, -0.15) is 0 Å². The van der Waals surface area contributed by atoms with Crippen LogP contribution < -0.4 is 10.5 Å². The van der Waals surface area contributed by atoms with Gasteiger partial charge in [0.1, 0.15) is 8.82 Å². The highest BCUT2D eigenvalue weighted by Crippen LogP contribution is 2.48. The lowest BCUT2D eigenvalue weighted by Crippen LogP contribution is -2.34. The summed E-state index contributed by atoms with van der Waals surface area (Å²) in [5.41, 5.74) is 0.542. The number of aliphatic hydroxyl groups excluding tert-OH is 1. The van der Waals surface area contributed by atoms with Crippen LogP contribution >= 0.6 is 11.8 Å². The van der Waals surface area contributed by atoms with Crippen molar-refractivity contribution in [2.45, 2.75) is 30.4 Å². The number of ether oxygens (including phenoxy) is 1. The van der Waals surface area contributed by atoms with Gasteiger partial charge in [-0.3, -0.25) is 0 Å². The quantitative estimate of drug-likeness (QED) is 0.472. The summed E-state index contributed by atoms with van der Waals surface area (Å²) in [4.78, 5) is 0.104. The van der Waals surface area contributed by atoms with E-state index in [2.05, 4.69) is 5.32 Å². The number of hydrogen-bond acceptors (Lipinski definition) is 8. The Morgan fingerprint density at radius 3 is 2.79 bits per heavy atom. The van der Waals surface area contributed by atoms with Crippen molar-refractivity contribution in [2.24, 2.45) is 5.14 Å². The molecule has 138 valence electrons. The summed E-state index contributed by atoms with van der Waals surface area (Å²) >= 11 is 0.788. The molecule has 2 atom stereocenters. The van der Waals surface area contributed by atoms with E-state index in [9.17, 15) is 16.8 Å². The summed E-state index contributed by atoms with van der Waals surface area (Å²) < 4.78 is 53.1. The minimum Gasteiger partial charge on any atom is -0.396 e. The first-order valence-electron chi connectivity index (χ1n) is 7.51. The monoisotopic (exact) mass is 398 g/mol. The summed E-state index contributed by atoms with van der Waals surface area (Å²) in [5, 5.41) is 17.1. The summed E-state index contributed by atoms with van der Waals surface area (Å²) in [6, 6.07) is -0.357. The van der Waals surface area contributed by atoms with Crippen LogP contribution in [0.4, 0.5) is 0 Å². The molecular weight excluding hydrogens is 376 g/mol. The summed E-state index contributed by atoms with van der Waals surface area (Å²) in [6.45, 7) is 2.58. The van der Waals surface area contributed by atoms with Crippen molar-refractivity contribution in [1.29, 1.82) is 0 Å². The Morgan fingerprint density at radius 1 is 1.50 bits per heavy atom. The molecule has 0 spiro atoms. The predicted octanol–water partition coefficient (Wildman–Crippen LogP) is -0.361. The molecule has 0 saturated heterocycles. The Labute approximate surface area is 146 Å². The lowest BCUT2D eigenvalue weighted by atomic mass is 10.1. The molecule has 0 saturated carbocycles. The highest BCUT2D eigenvalue weighted by molar-refractivity contribution is 8.25. The van der Waals surface area contributed by atoms with Gasteiger partial charge in [-0.1, -0.05) is 18.7 Å². The first-order valence-corrected chi connectivity index (χ1v) is 11.5. The van der Waals surface area contributed by atoms with E-state index in [1.165, 1.54) is 0 Å². The van der Waals surface area contributed by atoms with Crippen molar-refractivity contribution in [3.63, 3.8) is 0 Å². The van der Waals surface area contributed by atoms with Gasteiger partial charge in [0, 0.05) is 13.2 Å². The number of nitrogens with one attached hydrogen (secondary N) is 1. The van der Waals surface area contributed by atoms with Crippen molar-refractivity contribution in [2.75, 3.05) is 26.4 Å². The minimum absolute atomic E-state index is 0.0347. The Balaban J connectivity index is 2.27. The molecule has 0 bridgehead atoms. The second kappa shape index (κ2) is 7.85. The average Bonchev–Trinajstić information content (AvgIpc) is 2.95. The third-order valence-electron chi connectivity index (χ3n) is 3.69. The molecule has 0 aromatic rings. The summed E-state index contributed by atoms with van der Waals surface area (Å²) in [7, 11) is -7.62. The van der Waals surface area contributed by atoms with Crippen LogP contribution in [-0.4, -0.2) is 58.9 Å². The normalized spacial score (nSPS) is 26.4. The average molecular weight is 399 g/mol. The first-order chi connectivity index (χ1) is 11.2. The van der Waals surface area contributed by atoms with E-state index in [0.29, 0.717) is 18.5 Å². The molecule has 0 aliphatic carbocycles.